The van der Waals surface area contributed by atoms with Crippen LogP contribution in [-0.2, 0) is 16.6 Å². The smallest absolute Gasteiger partial charge is 0.255 e. The molecule has 0 bridgehead atoms. The van der Waals surface area contributed by atoms with E-state index in [0.717, 1.165) is 24.8 Å². The highest BCUT2D eigenvalue weighted by Crippen LogP contribution is 2.23. The lowest BCUT2D eigenvalue weighted by Crippen LogP contribution is -2.35. The summed E-state index contributed by atoms with van der Waals surface area (Å²) in [4.78, 5) is 12.5. The second-order valence-corrected chi connectivity index (χ2v) is 9.31. The first-order valence-corrected chi connectivity index (χ1v) is 11.0. The minimum absolute atomic E-state index is 0.107. The number of carbonyl (C=O) groups excluding carboxylic acids is 1. The monoisotopic (exact) mass is 452 g/mol. The van der Waals surface area contributed by atoms with E-state index in [9.17, 15) is 18.3 Å². The topological polar surface area (TPSA) is 86.7 Å². The molecule has 0 radical (unpaired) electrons. The molecule has 1 heterocycles. The predicted octanol–water partition coefficient (Wildman–Crippen LogP) is 3.26. The molecule has 2 aromatic rings. The molecule has 0 aliphatic carbocycles. The zero-order chi connectivity index (χ0) is 19.4. The first kappa shape index (κ1) is 19.9. The average Bonchev–Trinajstić information content (AvgIpc) is 2.67. The second kappa shape index (κ2) is 8.41. The number of nitrogens with one attached hydrogen (secondary N) is 1. The Hall–Kier alpha value is -1.90. The number of nitrogens with zero attached hydrogens (tertiary/aromatic N) is 1. The van der Waals surface area contributed by atoms with E-state index in [1.165, 1.54) is 16.4 Å². The maximum absolute atomic E-state index is 12.6. The van der Waals surface area contributed by atoms with Crippen molar-refractivity contribution in [3.63, 3.8) is 0 Å². The summed E-state index contributed by atoms with van der Waals surface area (Å²) >= 11 is 3.23. The fourth-order valence-electron chi connectivity index (χ4n) is 3.01. The maximum atomic E-state index is 12.6. The number of halogens is 1. The molecule has 2 N–H and O–H groups in total. The molecule has 2 aromatic carbocycles. The van der Waals surface area contributed by atoms with E-state index in [0.29, 0.717) is 17.6 Å². The number of phenolic OH excluding ortho intramolecular Hbond substituents is 1. The van der Waals surface area contributed by atoms with Gasteiger partial charge < -0.3 is 10.4 Å². The van der Waals surface area contributed by atoms with E-state index in [1.807, 2.05) is 0 Å². The van der Waals surface area contributed by atoms with Gasteiger partial charge in [0.25, 0.3) is 5.91 Å². The lowest BCUT2D eigenvalue weighted by molar-refractivity contribution is 0.0948. The van der Waals surface area contributed by atoms with Crippen LogP contribution in [0, 0.1) is 0 Å². The molecule has 144 valence electrons. The number of amides is 1. The Morgan fingerprint density at radius 2 is 1.74 bits per heavy atom. The molecule has 1 amide bonds. The van der Waals surface area contributed by atoms with Crippen molar-refractivity contribution in [2.24, 2.45) is 0 Å². The van der Waals surface area contributed by atoms with Crippen LogP contribution >= 0.6 is 15.9 Å². The van der Waals surface area contributed by atoms with Gasteiger partial charge >= 0.3 is 0 Å². The van der Waals surface area contributed by atoms with Gasteiger partial charge in [0.2, 0.25) is 10.0 Å². The molecule has 8 heteroatoms. The zero-order valence-corrected chi connectivity index (χ0v) is 17.1. The van der Waals surface area contributed by atoms with E-state index >= 15 is 0 Å². The summed E-state index contributed by atoms with van der Waals surface area (Å²) < 4.78 is 27.5. The Morgan fingerprint density at radius 3 is 2.37 bits per heavy atom. The Bertz CT molecular complexity index is 923. The van der Waals surface area contributed by atoms with Gasteiger partial charge in [0.05, 0.1) is 10.5 Å². The number of phenols is 1. The molecule has 0 atom stereocenters. The van der Waals surface area contributed by atoms with E-state index in [2.05, 4.69) is 21.2 Å². The Kier molecular flexibility index (Phi) is 6.18. The van der Waals surface area contributed by atoms with Crippen molar-refractivity contribution in [2.45, 2.75) is 30.7 Å². The van der Waals surface area contributed by atoms with Crippen LogP contribution in [0.1, 0.15) is 35.2 Å². The zero-order valence-electron chi connectivity index (χ0n) is 14.7. The lowest BCUT2D eigenvalue weighted by Gasteiger charge is -2.25. The van der Waals surface area contributed by atoms with Crippen molar-refractivity contribution in [3.05, 3.63) is 58.1 Å². The van der Waals surface area contributed by atoms with Gasteiger partial charge in [-0.25, -0.2) is 8.42 Å². The van der Waals surface area contributed by atoms with Gasteiger partial charge in [-0.1, -0.05) is 34.5 Å². The average molecular weight is 453 g/mol. The molecular formula is C19H21BrN2O4S. The number of hydrogen-bond acceptors (Lipinski definition) is 4. The molecule has 1 fully saturated rings. The van der Waals surface area contributed by atoms with Crippen molar-refractivity contribution < 1.29 is 18.3 Å². The molecule has 0 unspecified atom stereocenters. The van der Waals surface area contributed by atoms with Gasteiger partial charge in [-0.05, 0) is 48.7 Å². The number of hydrogen-bond donors (Lipinski definition) is 2. The van der Waals surface area contributed by atoms with Crippen LogP contribution in [0.4, 0.5) is 0 Å². The molecule has 3 rings (SSSR count). The highest BCUT2D eigenvalue weighted by atomic mass is 79.9. The quantitative estimate of drug-likeness (QED) is 0.728. The third kappa shape index (κ3) is 4.69. The van der Waals surface area contributed by atoms with Crippen molar-refractivity contribution in [1.29, 1.82) is 0 Å². The fourth-order valence-corrected chi connectivity index (χ4v) is 4.87. The van der Waals surface area contributed by atoms with Crippen molar-refractivity contribution in [1.82, 2.24) is 9.62 Å². The van der Waals surface area contributed by atoms with E-state index in [4.69, 9.17) is 0 Å². The third-order valence-electron chi connectivity index (χ3n) is 4.53. The summed E-state index contributed by atoms with van der Waals surface area (Å²) in [5.74, 6) is -0.505. The Balaban J connectivity index is 1.64. The van der Waals surface area contributed by atoms with Crippen LogP contribution < -0.4 is 5.32 Å². The van der Waals surface area contributed by atoms with Crippen LogP contribution in [0.25, 0.3) is 0 Å². The van der Waals surface area contributed by atoms with Crippen molar-refractivity contribution in [3.8, 4) is 5.75 Å². The number of carbonyl (C=O) groups is 1. The highest BCUT2D eigenvalue weighted by Gasteiger charge is 2.25. The SMILES string of the molecule is O=C(NCc1ccc(S(=O)(=O)N2CCCCC2)cc1)c1ccc(Br)cc1O. The fraction of sp³-hybridized carbons (Fsp3) is 0.316. The first-order valence-electron chi connectivity index (χ1n) is 8.74. The number of sulfonamides is 1. The van der Waals surface area contributed by atoms with Gasteiger partial charge in [0.1, 0.15) is 5.75 Å². The second-order valence-electron chi connectivity index (χ2n) is 6.45. The summed E-state index contributed by atoms with van der Waals surface area (Å²) in [6.45, 7) is 1.37. The summed E-state index contributed by atoms with van der Waals surface area (Å²) in [5, 5.41) is 12.6. The van der Waals surface area contributed by atoms with Crippen LogP contribution in [0.2, 0.25) is 0 Å². The van der Waals surface area contributed by atoms with Gasteiger partial charge in [-0.2, -0.15) is 4.31 Å². The van der Waals surface area contributed by atoms with Crippen LogP contribution in [0.3, 0.4) is 0 Å². The van der Waals surface area contributed by atoms with Gasteiger partial charge in [-0.3, -0.25) is 4.79 Å². The first-order chi connectivity index (χ1) is 12.9. The van der Waals surface area contributed by atoms with Gasteiger partial charge in [0, 0.05) is 24.1 Å². The number of piperidine rings is 1. The standard InChI is InChI=1S/C19H21BrN2O4S/c20-15-6-9-17(18(23)12-15)19(24)21-13-14-4-7-16(8-5-14)27(25,26)22-10-2-1-3-11-22/h4-9,12,23H,1-3,10-11,13H2,(H,21,24). The predicted molar refractivity (Wildman–Crippen MR) is 106 cm³/mol. The third-order valence-corrected chi connectivity index (χ3v) is 6.94. The molecular weight excluding hydrogens is 432 g/mol. The minimum atomic E-state index is -3.45. The van der Waals surface area contributed by atoms with Crippen molar-refractivity contribution >= 4 is 31.9 Å². The van der Waals surface area contributed by atoms with Crippen LogP contribution in [0.5, 0.6) is 5.75 Å². The minimum Gasteiger partial charge on any atom is -0.507 e. The summed E-state index contributed by atoms with van der Waals surface area (Å²) in [7, 11) is -3.45. The highest BCUT2D eigenvalue weighted by molar-refractivity contribution is 9.10. The largest absolute Gasteiger partial charge is 0.507 e. The van der Waals surface area contributed by atoms with E-state index in [-0.39, 0.29) is 22.8 Å². The Morgan fingerprint density at radius 1 is 1.07 bits per heavy atom. The van der Waals surface area contributed by atoms with Crippen LogP contribution in [-0.4, -0.2) is 36.8 Å². The Labute approximate surface area is 167 Å². The van der Waals surface area contributed by atoms with E-state index in [1.54, 1.807) is 30.3 Å². The normalized spacial score (nSPS) is 15.4. The molecule has 1 aliphatic rings. The van der Waals surface area contributed by atoms with E-state index < -0.39 is 15.9 Å². The maximum Gasteiger partial charge on any atom is 0.255 e. The van der Waals surface area contributed by atoms with Crippen LogP contribution in [0.15, 0.2) is 51.8 Å². The summed E-state index contributed by atoms with van der Waals surface area (Å²) in [6, 6.07) is 11.2. The van der Waals surface area contributed by atoms with Crippen molar-refractivity contribution in [2.75, 3.05) is 13.1 Å². The molecule has 0 aromatic heterocycles. The molecule has 1 aliphatic heterocycles. The number of benzene rings is 2. The summed E-state index contributed by atoms with van der Waals surface area (Å²) in [6.07, 6.45) is 2.86. The molecule has 1 saturated heterocycles. The lowest BCUT2D eigenvalue weighted by atomic mass is 10.1. The molecule has 0 saturated carbocycles. The van der Waals surface area contributed by atoms with Gasteiger partial charge in [0.15, 0.2) is 0 Å². The molecule has 0 spiro atoms. The molecule has 6 nitrogen and oxygen atoms in total. The molecule has 27 heavy (non-hydrogen) atoms. The number of aromatic hydroxyl groups is 1. The van der Waals surface area contributed by atoms with Gasteiger partial charge in [-0.15, -0.1) is 0 Å². The number of rotatable bonds is 5. The summed E-state index contributed by atoms with van der Waals surface area (Å²) in [5.41, 5.74) is 0.958.